The van der Waals surface area contributed by atoms with Crippen LogP contribution in [0.5, 0.6) is 5.75 Å². The predicted molar refractivity (Wildman–Crippen MR) is 163 cm³/mol. The number of hydrogen-bond donors (Lipinski definition) is 7. The maximum atomic E-state index is 12.1. The van der Waals surface area contributed by atoms with Gasteiger partial charge in [-0.1, -0.05) is 43.2 Å². The summed E-state index contributed by atoms with van der Waals surface area (Å²) in [5.41, 5.74) is 2.45. The van der Waals surface area contributed by atoms with E-state index in [0.29, 0.717) is 24.1 Å². The molecule has 1 aliphatic rings. The second-order valence-electron chi connectivity index (χ2n) is 11.0. The molecule has 43 heavy (non-hydrogen) atoms. The number of imide groups is 1. The molecule has 238 valence electrons. The van der Waals surface area contributed by atoms with Crippen LogP contribution in [0.4, 0.5) is 4.79 Å². The fraction of sp³-hybridized carbons (Fsp3) is 0.531. The predicted octanol–water partition coefficient (Wildman–Crippen LogP) is 3.34. The number of unbranched alkanes of at least 4 members (excludes halogenated alkanes) is 4. The van der Waals surface area contributed by atoms with Crippen LogP contribution in [0, 0.1) is 0 Å². The lowest BCUT2D eigenvalue weighted by Gasteiger charge is -2.20. The molecule has 11 heteroatoms. The largest absolute Gasteiger partial charge is 0.508 e. The molecule has 3 rings (SSSR count). The molecular formula is C32H47N3O8. The van der Waals surface area contributed by atoms with E-state index in [4.69, 9.17) is 14.6 Å². The molecule has 1 aliphatic heterocycles. The number of amides is 3. The lowest BCUT2D eigenvalue weighted by Crippen LogP contribution is -2.45. The Labute approximate surface area is 253 Å². The number of carboxylic acid groups (broad SMARTS) is 1. The van der Waals surface area contributed by atoms with E-state index in [2.05, 4.69) is 28.1 Å². The van der Waals surface area contributed by atoms with Crippen LogP contribution in [-0.2, 0) is 33.8 Å². The summed E-state index contributed by atoms with van der Waals surface area (Å²) in [6.45, 7) is 5.34. The maximum absolute atomic E-state index is 12.1. The first-order valence-electron chi connectivity index (χ1n) is 14.8. The van der Waals surface area contributed by atoms with Crippen molar-refractivity contribution in [2.45, 2.75) is 83.5 Å². The molecule has 1 saturated heterocycles. The van der Waals surface area contributed by atoms with Crippen molar-refractivity contribution in [3.8, 4) is 5.75 Å². The van der Waals surface area contributed by atoms with Crippen molar-refractivity contribution < 1.29 is 39.5 Å². The number of carbonyl (C=O) groups is 3. The molecule has 0 aromatic heterocycles. The molecule has 0 spiro atoms. The van der Waals surface area contributed by atoms with Crippen molar-refractivity contribution >= 4 is 17.9 Å². The number of aliphatic hydroxyl groups is 2. The molecule has 0 aliphatic carbocycles. The fourth-order valence-electron chi connectivity index (χ4n) is 4.75. The topological polar surface area (TPSA) is 177 Å². The molecule has 2 aromatic carbocycles. The van der Waals surface area contributed by atoms with Gasteiger partial charge in [-0.3, -0.25) is 14.9 Å². The first-order chi connectivity index (χ1) is 20.5. The molecule has 3 amide bonds. The zero-order valence-corrected chi connectivity index (χ0v) is 25.2. The van der Waals surface area contributed by atoms with E-state index in [0.717, 1.165) is 77.2 Å². The summed E-state index contributed by atoms with van der Waals surface area (Å²) in [6.07, 6.45) is 7.02. The van der Waals surface area contributed by atoms with Crippen LogP contribution in [0.1, 0.15) is 80.7 Å². The number of benzene rings is 2. The van der Waals surface area contributed by atoms with Crippen LogP contribution in [0.25, 0.3) is 0 Å². The highest BCUT2D eigenvalue weighted by Gasteiger charge is 2.41. The number of ether oxygens (including phenoxy) is 1. The number of aliphatic carboxylic acids is 1. The molecule has 0 radical (unpaired) electrons. The molecule has 0 unspecified atom stereocenters. The van der Waals surface area contributed by atoms with Crippen molar-refractivity contribution in [1.82, 2.24) is 16.0 Å². The van der Waals surface area contributed by atoms with E-state index >= 15 is 0 Å². The number of aliphatic hydroxyl groups excluding tert-OH is 2. The molecule has 0 bridgehead atoms. The summed E-state index contributed by atoms with van der Waals surface area (Å²) >= 11 is 0. The lowest BCUT2D eigenvalue weighted by atomic mass is 9.92. The Morgan fingerprint density at radius 3 is 2.35 bits per heavy atom. The van der Waals surface area contributed by atoms with Crippen molar-refractivity contribution in [1.29, 1.82) is 0 Å². The molecule has 2 aromatic rings. The number of carbonyl (C=O) groups excluding carboxylic acids is 2. The fourth-order valence-corrected chi connectivity index (χ4v) is 4.75. The molecular weight excluding hydrogens is 554 g/mol. The number of hydrogen-bond acceptors (Lipinski definition) is 8. The van der Waals surface area contributed by atoms with E-state index in [1.807, 2.05) is 12.1 Å². The normalized spacial score (nSPS) is 16.7. The monoisotopic (exact) mass is 601 g/mol. The van der Waals surface area contributed by atoms with Gasteiger partial charge in [-0.05, 0) is 74.4 Å². The molecule has 0 saturated carbocycles. The first kappa shape index (κ1) is 35.7. The number of nitrogens with one attached hydrogen (secondary N) is 3. The second kappa shape index (κ2) is 18.9. The Morgan fingerprint density at radius 2 is 1.67 bits per heavy atom. The van der Waals surface area contributed by atoms with Gasteiger partial charge in [0, 0.05) is 38.7 Å². The van der Waals surface area contributed by atoms with Crippen LogP contribution in [0.3, 0.4) is 0 Å². The smallest absolute Gasteiger partial charge is 0.322 e. The minimum Gasteiger partial charge on any atom is -0.508 e. The van der Waals surface area contributed by atoms with E-state index in [-0.39, 0.29) is 18.3 Å². The quantitative estimate of drug-likeness (QED) is 0.0997. The van der Waals surface area contributed by atoms with Gasteiger partial charge >= 0.3 is 6.03 Å². The van der Waals surface area contributed by atoms with E-state index in [1.54, 1.807) is 19.1 Å². The highest BCUT2D eigenvalue weighted by Crippen LogP contribution is 2.22. The van der Waals surface area contributed by atoms with Gasteiger partial charge in [-0.15, -0.1) is 0 Å². The summed E-state index contributed by atoms with van der Waals surface area (Å²) < 4.78 is 5.79. The number of urea groups is 1. The molecule has 2 atom stereocenters. The van der Waals surface area contributed by atoms with Crippen molar-refractivity contribution in [3.05, 3.63) is 64.7 Å². The Bertz CT molecular complexity index is 1170. The lowest BCUT2D eigenvalue weighted by molar-refractivity contribution is -0.134. The number of aryl methyl sites for hydroxylation is 1. The summed E-state index contributed by atoms with van der Waals surface area (Å²) in [6, 6.07) is 12.5. The minimum atomic E-state index is -0.900. The van der Waals surface area contributed by atoms with Gasteiger partial charge in [0.2, 0.25) is 0 Å². The van der Waals surface area contributed by atoms with Crippen LogP contribution in [0.2, 0.25) is 0 Å². The minimum absolute atomic E-state index is 0.0354. The van der Waals surface area contributed by atoms with E-state index in [9.17, 15) is 24.9 Å². The molecule has 7 N–H and O–H groups in total. The van der Waals surface area contributed by atoms with E-state index in [1.165, 1.54) is 11.6 Å². The van der Waals surface area contributed by atoms with Crippen LogP contribution in [-0.4, -0.2) is 70.2 Å². The average Bonchev–Trinajstić information content (AvgIpc) is 3.21. The summed E-state index contributed by atoms with van der Waals surface area (Å²) in [4.78, 5) is 32.5. The summed E-state index contributed by atoms with van der Waals surface area (Å²) in [7, 11) is 0. The third kappa shape index (κ3) is 13.6. The summed E-state index contributed by atoms with van der Waals surface area (Å²) in [5, 5.41) is 44.8. The van der Waals surface area contributed by atoms with E-state index < -0.39 is 23.6 Å². The Kier molecular flexibility index (Phi) is 15.7. The SMILES string of the molecule is CC(=O)O.C[C@]1(Cc2cccc(CCCCOCCCCCCNC[C@H](O)c3ccc(O)c(CO)c3)c2)NC(=O)NC1=O. The highest BCUT2D eigenvalue weighted by atomic mass is 16.5. The van der Waals surface area contributed by atoms with Crippen molar-refractivity contribution in [3.63, 3.8) is 0 Å². The third-order valence-electron chi connectivity index (χ3n) is 7.06. The number of phenols is 1. The van der Waals surface area contributed by atoms with Gasteiger partial charge in [-0.25, -0.2) is 4.79 Å². The molecule has 1 fully saturated rings. The number of rotatable bonds is 18. The molecule has 1 heterocycles. The van der Waals surface area contributed by atoms with Gasteiger partial charge in [0.05, 0.1) is 12.7 Å². The first-order valence-corrected chi connectivity index (χ1v) is 14.8. The van der Waals surface area contributed by atoms with Gasteiger partial charge in [0.25, 0.3) is 11.9 Å². The zero-order chi connectivity index (χ0) is 31.7. The van der Waals surface area contributed by atoms with Crippen molar-refractivity contribution in [2.75, 3.05) is 26.3 Å². The Morgan fingerprint density at radius 1 is 1.00 bits per heavy atom. The van der Waals surface area contributed by atoms with Gasteiger partial charge < -0.3 is 35.8 Å². The number of carboxylic acids is 1. The third-order valence-corrected chi connectivity index (χ3v) is 7.06. The van der Waals surface area contributed by atoms with Gasteiger partial charge in [-0.2, -0.15) is 0 Å². The van der Waals surface area contributed by atoms with Crippen LogP contribution < -0.4 is 16.0 Å². The average molecular weight is 602 g/mol. The maximum Gasteiger partial charge on any atom is 0.322 e. The molecule has 11 nitrogen and oxygen atoms in total. The highest BCUT2D eigenvalue weighted by molar-refractivity contribution is 6.06. The standard InChI is InChI=1S/C30H43N3O6.C2H4O2/c1-30(28(37)32-29(38)33-30)19-23-11-8-10-22(17-23)9-4-7-16-39-15-6-3-2-5-14-31-20-27(36)24-12-13-26(35)25(18-24)21-34;1-2(3)4/h8,10-13,17-18,27,31,34-36H,2-7,9,14-16,19-21H2,1H3,(H2,32,33,37,38);1H3,(H,3,4)/t27-,30+;/m0./s1. The Hall–Kier alpha value is -3.51. The Balaban J connectivity index is 0.00000151. The van der Waals surface area contributed by atoms with Gasteiger partial charge in [0.1, 0.15) is 11.3 Å². The zero-order valence-electron chi connectivity index (χ0n) is 25.2. The van der Waals surface area contributed by atoms with Crippen LogP contribution >= 0.6 is 0 Å². The second-order valence-corrected chi connectivity index (χ2v) is 11.0. The van der Waals surface area contributed by atoms with Gasteiger partial charge in [0.15, 0.2) is 0 Å². The van der Waals surface area contributed by atoms with Crippen molar-refractivity contribution in [2.24, 2.45) is 0 Å². The summed E-state index contributed by atoms with van der Waals surface area (Å²) in [5.74, 6) is -1.08. The number of aromatic hydroxyl groups is 1. The van der Waals surface area contributed by atoms with Crippen LogP contribution in [0.15, 0.2) is 42.5 Å².